The molecule has 1 fully saturated rings. The average molecular weight is 457 g/mol. The number of fused-ring (bicyclic) bond motifs is 1. The van der Waals surface area contributed by atoms with Crippen molar-refractivity contribution < 1.29 is 10.2 Å². The minimum absolute atomic E-state index is 0.0549. The monoisotopic (exact) mass is 455 g/mol. The van der Waals surface area contributed by atoms with Crippen molar-refractivity contribution in [2.24, 2.45) is 0 Å². The average Bonchev–Trinajstić information content (AvgIpc) is 2.62. The van der Waals surface area contributed by atoms with Crippen LogP contribution in [0, 0.1) is 0 Å². The number of aromatic nitrogens is 2. The molecule has 1 aliphatic rings. The summed E-state index contributed by atoms with van der Waals surface area (Å²) < 4.78 is 2.06. The molecule has 6 nitrogen and oxygen atoms in total. The predicted octanol–water partition coefficient (Wildman–Crippen LogP) is 2.62. The highest BCUT2D eigenvalue weighted by Crippen LogP contribution is 2.27. The first-order valence-electron chi connectivity index (χ1n) is 8.92. The summed E-state index contributed by atoms with van der Waals surface area (Å²) >= 11 is 9.45. The molecule has 1 aromatic heterocycles. The van der Waals surface area contributed by atoms with Gasteiger partial charge in [0.15, 0.2) is 0 Å². The summed E-state index contributed by atoms with van der Waals surface area (Å²) in [6.07, 6.45) is 4.76. The fraction of sp³-hybridized carbons (Fsp3) is 0.474. The van der Waals surface area contributed by atoms with Crippen molar-refractivity contribution in [1.82, 2.24) is 14.9 Å². The first kappa shape index (κ1) is 20.5. The molecule has 3 unspecified atom stereocenters. The second kappa shape index (κ2) is 8.41. The summed E-state index contributed by atoms with van der Waals surface area (Å²) in [6.45, 7) is 4.58. The number of halogens is 2. The minimum atomic E-state index is -1.23. The Bertz CT molecular complexity index is 904. The third-order valence-corrected chi connectivity index (χ3v) is 6.20. The van der Waals surface area contributed by atoms with Gasteiger partial charge in [0, 0.05) is 10.5 Å². The number of nitrogens with one attached hydrogen (secondary N) is 1. The Morgan fingerprint density at radius 1 is 1.52 bits per heavy atom. The second-order valence-corrected chi connectivity index (χ2v) is 8.41. The molecule has 1 aromatic carbocycles. The van der Waals surface area contributed by atoms with Crippen LogP contribution in [0.3, 0.4) is 0 Å². The molecule has 0 bridgehead atoms. The molecule has 0 radical (unpaired) electrons. The third kappa shape index (κ3) is 4.60. The van der Waals surface area contributed by atoms with Crippen molar-refractivity contribution in [2.45, 2.75) is 50.0 Å². The maximum Gasteiger partial charge on any atom is 0.261 e. The standard InChI is InChI=1S/C19H23BrClN3O3/c1-2-5-19(27,9-16-17(25)4-3-6-22-16)10-24-11-23-15-8-13(20)14(21)7-12(15)18(24)26/h2,7-8,11,16-17,22,25,27H,1,3-6,9-10H2. The zero-order valence-corrected chi connectivity index (χ0v) is 17.2. The van der Waals surface area contributed by atoms with Crippen molar-refractivity contribution in [3.05, 3.63) is 51.0 Å². The Labute approximate surface area is 171 Å². The van der Waals surface area contributed by atoms with E-state index in [0.29, 0.717) is 39.7 Å². The molecule has 2 heterocycles. The molecule has 1 aliphatic heterocycles. The quantitative estimate of drug-likeness (QED) is 0.582. The minimum Gasteiger partial charge on any atom is -0.392 e. The van der Waals surface area contributed by atoms with Crippen LogP contribution in [0.25, 0.3) is 10.9 Å². The molecular weight excluding hydrogens is 434 g/mol. The van der Waals surface area contributed by atoms with Crippen LogP contribution in [0.2, 0.25) is 5.02 Å². The van der Waals surface area contributed by atoms with Gasteiger partial charge in [-0.05, 0) is 60.3 Å². The Morgan fingerprint density at radius 3 is 3.00 bits per heavy atom. The number of piperidine rings is 1. The molecule has 27 heavy (non-hydrogen) atoms. The van der Waals surface area contributed by atoms with Crippen LogP contribution >= 0.6 is 27.5 Å². The van der Waals surface area contributed by atoms with Gasteiger partial charge < -0.3 is 15.5 Å². The van der Waals surface area contributed by atoms with Gasteiger partial charge in [0.2, 0.25) is 0 Å². The molecule has 0 amide bonds. The zero-order chi connectivity index (χ0) is 19.6. The molecule has 3 atom stereocenters. The van der Waals surface area contributed by atoms with Crippen molar-refractivity contribution in [3.63, 3.8) is 0 Å². The van der Waals surface area contributed by atoms with Gasteiger partial charge in [0.1, 0.15) is 0 Å². The lowest BCUT2D eigenvalue weighted by atomic mass is 9.86. The van der Waals surface area contributed by atoms with E-state index in [0.717, 1.165) is 13.0 Å². The van der Waals surface area contributed by atoms with Crippen LogP contribution in [-0.4, -0.2) is 44.1 Å². The van der Waals surface area contributed by atoms with Gasteiger partial charge in [-0.15, -0.1) is 6.58 Å². The van der Waals surface area contributed by atoms with E-state index in [9.17, 15) is 15.0 Å². The van der Waals surface area contributed by atoms with Crippen LogP contribution in [0.1, 0.15) is 25.7 Å². The second-order valence-electron chi connectivity index (χ2n) is 7.15. The van der Waals surface area contributed by atoms with Crippen LogP contribution in [0.15, 0.2) is 40.4 Å². The molecule has 3 N–H and O–H groups in total. The number of hydrogen-bond donors (Lipinski definition) is 3. The van der Waals surface area contributed by atoms with Crippen LogP contribution < -0.4 is 10.9 Å². The number of aliphatic hydroxyl groups excluding tert-OH is 1. The number of aliphatic hydroxyl groups is 2. The summed E-state index contributed by atoms with van der Waals surface area (Å²) in [4.78, 5) is 17.2. The van der Waals surface area contributed by atoms with Crippen LogP contribution in [0.4, 0.5) is 0 Å². The topological polar surface area (TPSA) is 87.4 Å². The van der Waals surface area contributed by atoms with Crippen molar-refractivity contribution >= 4 is 38.4 Å². The Morgan fingerprint density at radius 2 is 2.30 bits per heavy atom. The van der Waals surface area contributed by atoms with Crippen molar-refractivity contribution in [1.29, 1.82) is 0 Å². The highest BCUT2D eigenvalue weighted by Gasteiger charge is 2.34. The SMILES string of the molecule is C=CCC(O)(CC1NCCCC1O)Cn1cnc2cc(Br)c(Cl)cc2c1=O. The number of benzene rings is 1. The Balaban J connectivity index is 1.91. The lowest BCUT2D eigenvalue weighted by Crippen LogP contribution is -2.51. The number of nitrogens with zero attached hydrogens (tertiary/aromatic N) is 2. The first-order valence-corrected chi connectivity index (χ1v) is 10.1. The van der Waals surface area contributed by atoms with E-state index < -0.39 is 11.7 Å². The molecule has 146 valence electrons. The molecule has 2 aromatic rings. The molecule has 0 spiro atoms. The normalized spacial score (nSPS) is 22.5. The fourth-order valence-electron chi connectivity index (χ4n) is 3.62. The molecule has 1 saturated heterocycles. The van der Waals surface area contributed by atoms with Gasteiger partial charge in [-0.1, -0.05) is 17.7 Å². The van der Waals surface area contributed by atoms with E-state index in [4.69, 9.17) is 11.6 Å². The van der Waals surface area contributed by atoms with E-state index >= 15 is 0 Å². The molecule has 8 heteroatoms. The largest absolute Gasteiger partial charge is 0.392 e. The van der Waals surface area contributed by atoms with Gasteiger partial charge in [0.05, 0.1) is 40.5 Å². The Kier molecular flexibility index (Phi) is 6.38. The third-order valence-electron chi connectivity index (χ3n) is 5.00. The van der Waals surface area contributed by atoms with E-state index in [1.54, 1.807) is 18.2 Å². The zero-order valence-electron chi connectivity index (χ0n) is 14.9. The lowest BCUT2D eigenvalue weighted by molar-refractivity contribution is -0.0185. The molecule has 3 rings (SSSR count). The summed E-state index contributed by atoms with van der Waals surface area (Å²) in [5, 5.41) is 25.5. The number of rotatable bonds is 6. The summed E-state index contributed by atoms with van der Waals surface area (Å²) in [7, 11) is 0. The lowest BCUT2D eigenvalue weighted by Gasteiger charge is -2.36. The first-order chi connectivity index (χ1) is 12.8. The molecular formula is C19H23BrClN3O3. The summed E-state index contributed by atoms with van der Waals surface area (Å²) in [5.74, 6) is 0. The summed E-state index contributed by atoms with van der Waals surface area (Å²) in [6, 6.07) is 3.05. The van der Waals surface area contributed by atoms with Crippen molar-refractivity contribution in [3.8, 4) is 0 Å². The highest BCUT2D eigenvalue weighted by atomic mass is 79.9. The summed E-state index contributed by atoms with van der Waals surface area (Å²) in [5.41, 5.74) is -0.964. The van der Waals surface area contributed by atoms with E-state index in [-0.39, 0.29) is 18.1 Å². The fourth-order valence-corrected chi connectivity index (χ4v) is 4.11. The molecule has 0 saturated carbocycles. The maximum atomic E-state index is 12.9. The van der Waals surface area contributed by atoms with Crippen LogP contribution in [0.5, 0.6) is 0 Å². The van der Waals surface area contributed by atoms with Gasteiger partial charge in [-0.2, -0.15) is 0 Å². The molecule has 0 aliphatic carbocycles. The van der Waals surface area contributed by atoms with Crippen LogP contribution in [-0.2, 0) is 6.54 Å². The van der Waals surface area contributed by atoms with Gasteiger partial charge >= 0.3 is 0 Å². The van der Waals surface area contributed by atoms with E-state index in [1.165, 1.54) is 10.9 Å². The number of hydrogen-bond acceptors (Lipinski definition) is 5. The van der Waals surface area contributed by atoms with E-state index in [2.05, 4.69) is 32.8 Å². The highest BCUT2D eigenvalue weighted by molar-refractivity contribution is 9.10. The van der Waals surface area contributed by atoms with Gasteiger partial charge in [-0.25, -0.2) is 4.98 Å². The van der Waals surface area contributed by atoms with Gasteiger partial charge in [-0.3, -0.25) is 9.36 Å². The Hall–Kier alpha value is -1.25. The smallest absolute Gasteiger partial charge is 0.261 e. The maximum absolute atomic E-state index is 12.9. The van der Waals surface area contributed by atoms with Crippen molar-refractivity contribution in [2.75, 3.05) is 6.54 Å². The predicted molar refractivity (Wildman–Crippen MR) is 110 cm³/mol. The van der Waals surface area contributed by atoms with E-state index in [1.807, 2.05) is 0 Å². The van der Waals surface area contributed by atoms with Gasteiger partial charge in [0.25, 0.3) is 5.56 Å².